The number of nitrogens with zero attached hydrogens (tertiary/aromatic N) is 4. The second-order valence-electron chi connectivity index (χ2n) is 6.89. The van der Waals surface area contributed by atoms with Crippen LogP contribution in [-0.2, 0) is 13.1 Å². The zero-order chi connectivity index (χ0) is 21.6. The second kappa shape index (κ2) is 8.93. The molecule has 0 amide bonds. The summed E-state index contributed by atoms with van der Waals surface area (Å²) in [5.41, 5.74) is 2.25. The molecule has 0 aliphatic rings. The van der Waals surface area contributed by atoms with Crippen molar-refractivity contribution in [1.29, 1.82) is 5.26 Å². The molecule has 0 aliphatic carbocycles. The second-order valence-corrected chi connectivity index (χ2v) is 6.89. The standard InChI is InChI=1S/C24H18N4O3/c25-15-21-24(31-23(26-21)20-13-7-8-14-22(20)28(29)30)27(16-18-9-3-1-4-10-18)17-19-11-5-2-6-12-19/h1-14H,16-17H2. The molecule has 0 fully saturated rings. The van der Waals surface area contributed by atoms with Crippen LogP contribution in [0.2, 0.25) is 0 Å². The van der Waals surface area contributed by atoms with E-state index in [-0.39, 0.29) is 28.7 Å². The van der Waals surface area contributed by atoms with Crippen LogP contribution < -0.4 is 4.90 Å². The van der Waals surface area contributed by atoms with Gasteiger partial charge in [-0.15, -0.1) is 0 Å². The van der Waals surface area contributed by atoms with Gasteiger partial charge in [0, 0.05) is 19.2 Å². The van der Waals surface area contributed by atoms with Crippen molar-refractivity contribution in [2.75, 3.05) is 4.90 Å². The molecular formula is C24H18N4O3. The third-order valence-electron chi connectivity index (χ3n) is 4.77. The number of nitro benzene ring substituents is 1. The summed E-state index contributed by atoms with van der Waals surface area (Å²) in [5, 5.41) is 21.1. The van der Waals surface area contributed by atoms with Crippen LogP contribution >= 0.6 is 0 Å². The minimum Gasteiger partial charge on any atom is -0.419 e. The largest absolute Gasteiger partial charge is 0.419 e. The highest BCUT2D eigenvalue weighted by Crippen LogP contribution is 2.34. The zero-order valence-electron chi connectivity index (χ0n) is 16.5. The lowest BCUT2D eigenvalue weighted by Crippen LogP contribution is -2.22. The summed E-state index contributed by atoms with van der Waals surface area (Å²) < 4.78 is 5.98. The molecule has 0 spiro atoms. The van der Waals surface area contributed by atoms with E-state index in [0.29, 0.717) is 13.1 Å². The molecule has 0 atom stereocenters. The van der Waals surface area contributed by atoms with Gasteiger partial charge in [0.25, 0.3) is 5.69 Å². The Balaban J connectivity index is 1.78. The number of aromatic nitrogens is 1. The highest BCUT2D eigenvalue weighted by atomic mass is 16.6. The van der Waals surface area contributed by atoms with E-state index in [2.05, 4.69) is 11.1 Å². The predicted octanol–water partition coefficient (Wildman–Crippen LogP) is 5.33. The van der Waals surface area contributed by atoms with Gasteiger partial charge in [0.05, 0.1) is 4.92 Å². The molecule has 7 heteroatoms. The number of nitriles is 1. The Labute approximate surface area is 179 Å². The number of para-hydroxylation sites is 1. The quantitative estimate of drug-likeness (QED) is 0.302. The zero-order valence-corrected chi connectivity index (χ0v) is 16.5. The van der Waals surface area contributed by atoms with E-state index >= 15 is 0 Å². The fraction of sp³-hybridized carbons (Fsp3) is 0.0833. The maximum Gasteiger partial charge on any atom is 0.282 e. The van der Waals surface area contributed by atoms with Gasteiger partial charge in [-0.2, -0.15) is 10.2 Å². The lowest BCUT2D eigenvalue weighted by atomic mass is 10.1. The first-order valence-electron chi connectivity index (χ1n) is 9.63. The van der Waals surface area contributed by atoms with E-state index in [1.165, 1.54) is 6.07 Å². The highest BCUT2D eigenvalue weighted by molar-refractivity contribution is 5.69. The molecule has 1 aromatic heterocycles. The van der Waals surface area contributed by atoms with Gasteiger partial charge >= 0.3 is 0 Å². The molecular weight excluding hydrogens is 392 g/mol. The molecule has 0 saturated carbocycles. The van der Waals surface area contributed by atoms with Crippen molar-refractivity contribution in [1.82, 2.24) is 4.98 Å². The van der Waals surface area contributed by atoms with Crippen LogP contribution in [0.1, 0.15) is 16.8 Å². The third-order valence-corrected chi connectivity index (χ3v) is 4.77. The summed E-state index contributed by atoms with van der Waals surface area (Å²) in [6, 6.07) is 27.9. The third kappa shape index (κ3) is 4.43. The topological polar surface area (TPSA) is 96.2 Å². The Morgan fingerprint density at radius 1 is 0.903 bits per heavy atom. The Morgan fingerprint density at radius 3 is 2.00 bits per heavy atom. The van der Waals surface area contributed by atoms with Crippen molar-refractivity contribution in [3.05, 3.63) is 112 Å². The average molecular weight is 410 g/mol. The molecule has 0 unspecified atom stereocenters. The van der Waals surface area contributed by atoms with Gasteiger partial charge in [-0.1, -0.05) is 72.8 Å². The number of oxazole rings is 1. The lowest BCUT2D eigenvalue weighted by molar-refractivity contribution is -0.384. The molecule has 0 saturated heterocycles. The highest BCUT2D eigenvalue weighted by Gasteiger charge is 2.25. The number of rotatable bonds is 7. The number of nitro groups is 1. The van der Waals surface area contributed by atoms with Crippen molar-refractivity contribution < 1.29 is 9.34 Å². The molecule has 4 rings (SSSR count). The molecule has 4 aromatic rings. The minimum absolute atomic E-state index is 0.0463. The van der Waals surface area contributed by atoms with Crippen molar-refractivity contribution in [2.24, 2.45) is 0 Å². The van der Waals surface area contributed by atoms with Crippen molar-refractivity contribution in [3.8, 4) is 17.5 Å². The molecule has 0 N–H and O–H groups in total. The van der Waals surface area contributed by atoms with Gasteiger partial charge in [-0.05, 0) is 17.2 Å². The predicted molar refractivity (Wildman–Crippen MR) is 116 cm³/mol. The Kier molecular flexibility index (Phi) is 5.72. The van der Waals surface area contributed by atoms with Crippen LogP contribution in [0.5, 0.6) is 0 Å². The number of anilines is 1. The first kappa shape index (κ1) is 19.9. The van der Waals surface area contributed by atoms with E-state index in [1.807, 2.05) is 65.6 Å². The van der Waals surface area contributed by atoms with Crippen molar-refractivity contribution >= 4 is 11.6 Å². The number of benzene rings is 3. The minimum atomic E-state index is -0.489. The Morgan fingerprint density at radius 2 is 1.45 bits per heavy atom. The Hall–Kier alpha value is -4.44. The summed E-state index contributed by atoms with van der Waals surface area (Å²) in [5.74, 6) is 0.327. The smallest absolute Gasteiger partial charge is 0.282 e. The first-order chi connectivity index (χ1) is 15.2. The SMILES string of the molecule is N#Cc1nc(-c2ccccc2[N+](=O)[O-])oc1N(Cc1ccccc1)Cc1ccccc1. The maximum absolute atomic E-state index is 11.4. The van der Waals surface area contributed by atoms with Crippen LogP contribution in [0.3, 0.4) is 0 Å². The fourth-order valence-electron chi connectivity index (χ4n) is 3.34. The molecule has 0 aliphatic heterocycles. The van der Waals surface area contributed by atoms with Gasteiger partial charge in [0.15, 0.2) is 0 Å². The Bertz CT molecular complexity index is 1190. The molecule has 152 valence electrons. The lowest BCUT2D eigenvalue weighted by Gasteiger charge is -2.22. The van der Waals surface area contributed by atoms with Crippen molar-refractivity contribution in [2.45, 2.75) is 13.1 Å². The molecule has 0 bridgehead atoms. The average Bonchev–Trinajstić information content (AvgIpc) is 3.24. The van der Waals surface area contributed by atoms with Gasteiger partial charge < -0.3 is 9.32 Å². The summed E-state index contributed by atoms with van der Waals surface area (Å²) in [7, 11) is 0. The molecule has 3 aromatic carbocycles. The van der Waals surface area contributed by atoms with Gasteiger partial charge in [0.1, 0.15) is 11.6 Å². The monoisotopic (exact) mass is 410 g/mol. The van der Waals surface area contributed by atoms with Crippen LogP contribution in [0, 0.1) is 21.4 Å². The number of hydrogen-bond donors (Lipinski definition) is 0. The molecule has 1 heterocycles. The maximum atomic E-state index is 11.4. The van der Waals surface area contributed by atoms with E-state index in [9.17, 15) is 15.4 Å². The van der Waals surface area contributed by atoms with E-state index in [1.54, 1.807) is 18.2 Å². The normalized spacial score (nSPS) is 10.4. The van der Waals surface area contributed by atoms with Crippen LogP contribution in [0.4, 0.5) is 11.6 Å². The molecule has 7 nitrogen and oxygen atoms in total. The van der Waals surface area contributed by atoms with E-state index in [0.717, 1.165) is 11.1 Å². The first-order valence-corrected chi connectivity index (χ1v) is 9.63. The van der Waals surface area contributed by atoms with Crippen LogP contribution in [0.15, 0.2) is 89.3 Å². The fourth-order valence-corrected chi connectivity index (χ4v) is 3.34. The summed E-state index contributed by atoms with van der Waals surface area (Å²) in [6.45, 7) is 0.964. The molecule has 31 heavy (non-hydrogen) atoms. The van der Waals surface area contributed by atoms with Gasteiger partial charge in [-0.25, -0.2) is 0 Å². The van der Waals surface area contributed by atoms with Gasteiger partial charge in [-0.3, -0.25) is 10.1 Å². The summed E-state index contributed by atoms with van der Waals surface area (Å²) >= 11 is 0. The van der Waals surface area contributed by atoms with Crippen LogP contribution in [-0.4, -0.2) is 9.91 Å². The number of hydrogen-bond acceptors (Lipinski definition) is 6. The van der Waals surface area contributed by atoms with E-state index in [4.69, 9.17) is 4.42 Å². The van der Waals surface area contributed by atoms with Crippen molar-refractivity contribution in [3.63, 3.8) is 0 Å². The van der Waals surface area contributed by atoms with Gasteiger partial charge in [0.2, 0.25) is 17.5 Å². The summed E-state index contributed by atoms with van der Waals surface area (Å²) in [4.78, 5) is 17.1. The van der Waals surface area contributed by atoms with Crippen LogP contribution in [0.25, 0.3) is 11.5 Å². The van der Waals surface area contributed by atoms with E-state index < -0.39 is 4.92 Å². The molecule has 0 radical (unpaired) electrons. The summed E-state index contributed by atoms with van der Waals surface area (Å²) in [6.07, 6.45) is 0.